The molecule has 2 aromatic rings. The standard InChI is InChI=1S/C27H33N3O3/c1-2-33-26(31)17-21-6-9-22-10-11-23(18-24(22)16-21)27(32)29-25-12-7-20(8-13-25)19-28-30-14-4-3-5-15-30/h7-8,10-13,18-19,21H,2-6,9,14-17H2,1H3,(H,29,32)/b28-19+. The van der Waals surface area contributed by atoms with Crippen molar-refractivity contribution in [3.63, 3.8) is 0 Å². The van der Waals surface area contributed by atoms with Crippen LogP contribution in [0.15, 0.2) is 47.6 Å². The molecule has 1 fully saturated rings. The number of hydrogen-bond donors (Lipinski definition) is 1. The fourth-order valence-electron chi connectivity index (χ4n) is 4.60. The number of carbonyl (C=O) groups excluding carboxylic acids is 2. The quantitative estimate of drug-likeness (QED) is 0.488. The molecule has 4 rings (SSSR count). The molecule has 1 N–H and O–H groups in total. The molecule has 6 nitrogen and oxygen atoms in total. The molecule has 1 unspecified atom stereocenters. The molecule has 1 amide bonds. The van der Waals surface area contributed by atoms with Crippen molar-refractivity contribution >= 4 is 23.8 Å². The number of rotatable bonds is 7. The summed E-state index contributed by atoms with van der Waals surface area (Å²) in [6, 6.07) is 13.7. The Kier molecular flexibility index (Phi) is 7.76. The summed E-state index contributed by atoms with van der Waals surface area (Å²) in [6.07, 6.45) is 8.74. The number of carbonyl (C=O) groups is 2. The maximum Gasteiger partial charge on any atom is 0.306 e. The average molecular weight is 448 g/mol. The van der Waals surface area contributed by atoms with Crippen LogP contribution in [0.1, 0.15) is 66.1 Å². The fourth-order valence-corrected chi connectivity index (χ4v) is 4.60. The van der Waals surface area contributed by atoms with Crippen LogP contribution >= 0.6 is 0 Å². The van der Waals surface area contributed by atoms with Gasteiger partial charge >= 0.3 is 5.97 Å². The number of anilines is 1. The summed E-state index contributed by atoms with van der Waals surface area (Å²) >= 11 is 0. The van der Waals surface area contributed by atoms with Crippen molar-refractivity contribution < 1.29 is 14.3 Å². The van der Waals surface area contributed by atoms with Crippen LogP contribution < -0.4 is 5.32 Å². The van der Waals surface area contributed by atoms with Gasteiger partial charge < -0.3 is 10.1 Å². The largest absolute Gasteiger partial charge is 0.466 e. The van der Waals surface area contributed by atoms with Crippen LogP contribution in [0, 0.1) is 5.92 Å². The van der Waals surface area contributed by atoms with Gasteiger partial charge in [-0.25, -0.2) is 0 Å². The number of aryl methyl sites for hydroxylation is 1. The van der Waals surface area contributed by atoms with Gasteiger partial charge in [0.15, 0.2) is 0 Å². The first-order valence-corrected chi connectivity index (χ1v) is 12.1. The summed E-state index contributed by atoms with van der Waals surface area (Å²) in [5.41, 5.74) is 4.84. The van der Waals surface area contributed by atoms with E-state index in [4.69, 9.17) is 4.74 Å². The van der Waals surface area contributed by atoms with Crippen molar-refractivity contribution in [3.05, 3.63) is 64.7 Å². The molecule has 0 bridgehead atoms. The first-order chi connectivity index (χ1) is 16.1. The van der Waals surface area contributed by atoms with E-state index in [-0.39, 0.29) is 17.8 Å². The van der Waals surface area contributed by atoms with Crippen LogP contribution in [0.4, 0.5) is 5.69 Å². The maximum absolute atomic E-state index is 12.8. The van der Waals surface area contributed by atoms with Gasteiger partial charge in [0.1, 0.15) is 0 Å². The van der Waals surface area contributed by atoms with Crippen LogP contribution in [0.25, 0.3) is 0 Å². The summed E-state index contributed by atoms with van der Waals surface area (Å²) in [6.45, 7) is 4.29. The molecule has 1 heterocycles. The Morgan fingerprint density at radius 2 is 1.88 bits per heavy atom. The molecule has 6 heteroatoms. The molecule has 1 aliphatic heterocycles. The zero-order chi connectivity index (χ0) is 23.0. The zero-order valence-corrected chi connectivity index (χ0v) is 19.4. The first-order valence-electron chi connectivity index (χ1n) is 12.1. The average Bonchev–Trinajstić information content (AvgIpc) is 2.84. The lowest BCUT2D eigenvalue weighted by atomic mass is 9.81. The fraction of sp³-hybridized carbons (Fsp3) is 0.444. The number of piperidine rings is 1. The maximum atomic E-state index is 12.8. The molecule has 1 saturated heterocycles. The number of nitrogens with zero attached hydrogens (tertiary/aromatic N) is 2. The van der Waals surface area contributed by atoms with Crippen LogP contribution in [-0.2, 0) is 22.4 Å². The zero-order valence-electron chi connectivity index (χ0n) is 19.4. The van der Waals surface area contributed by atoms with Gasteiger partial charge in [-0.2, -0.15) is 5.10 Å². The Morgan fingerprint density at radius 3 is 2.64 bits per heavy atom. The van der Waals surface area contributed by atoms with E-state index in [2.05, 4.69) is 15.4 Å². The topological polar surface area (TPSA) is 71.0 Å². The number of hydrogen-bond acceptors (Lipinski definition) is 5. The van der Waals surface area contributed by atoms with Gasteiger partial charge in [-0.1, -0.05) is 18.2 Å². The molecule has 2 aliphatic rings. The van der Waals surface area contributed by atoms with E-state index in [1.165, 1.54) is 24.8 Å². The summed E-state index contributed by atoms with van der Waals surface area (Å²) in [5, 5.41) is 9.67. The van der Waals surface area contributed by atoms with Crippen molar-refractivity contribution in [2.75, 3.05) is 25.0 Å². The number of amides is 1. The third kappa shape index (κ3) is 6.44. The Morgan fingerprint density at radius 1 is 1.09 bits per heavy atom. The molecule has 0 aromatic heterocycles. The lowest BCUT2D eigenvalue weighted by Gasteiger charge is -2.24. The number of fused-ring (bicyclic) bond motifs is 1. The van der Waals surface area contributed by atoms with Crippen molar-refractivity contribution in [2.45, 2.75) is 51.9 Å². The van der Waals surface area contributed by atoms with Crippen LogP contribution in [-0.4, -0.2) is 42.8 Å². The minimum Gasteiger partial charge on any atom is -0.466 e. The Hall–Kier alpha value is -3.15. The predicted molar refractivity (Wildman–Crippen MR) is 131 cm³/mol. The smallest absolute Gasteiger partial charge is 0.306 e. The van der Waals surface area contributed by atoms with Gasteiger partial charge in [-0.15, -0.1) is 0 Å². The summed E-state index contributed by atoms with van der Waals surface area (Å²) in [5.74, 6) is 0.0123. The van der Waals surface area contributed by atoms with Gasteiger partial charge in [-0.3, -0.25) is 14.6 Å². The SMILES string of the molecule is CCOC(=O)CC1CCc2ccc(C(=O)Nc3ccc(/C=N/N4CCCCC4)cc3)cc2C1. The molecule has 0 saturated carbocycles. The number of ether oxygens (including phenoxy) is 1. The first kappa shape index (κ1) is 23.0. The highest BCUT2D eigenvalue weighted by molar-refractivity contribution is 6.04. The third-order valence-corrected chi connectivity index (χ3v) is 6.43. The molecule has 0 radical (unpaired) electrons. The van der Waals surface area contributed by atoms with Crippen molar-refractivity contribution in [1.29, 1.82) is 0 Å². The number of benzene rings is 2. The van der Waals surface area contributed by atoms with Gasteiger partial charge in [0.2, 0.25) is 0 Å². The van der Waals surface area contributed by atoms with E-state index >= 15 is 0 Å². The van der Waals surface area contributed by atoms with Gasteiger partial charge in [0, 0.05) is 30.8 Å². The van der Waals surface area contributed by atoms with E-state index in [0.717, 1.165) is 49.2 Å². The lowest BCUT2D eigenvalue weighted by Crippen LogP contribution is -2.24. The van der Waals surface area contributed by atoms with Crippen LogP contribution in [0.2, 0.25) is 0 Å². The normalized spacial score (nSPS) is 18.1. The monoisotopic (exact) mass is 447 g/mol. The van der Waals surface area contributed by atoms with E-state index in [0.29, 0.717) is 18.6 Å². The summed E-state index contributed by atoms with van der Waals surface area (Å²) < 4.78 is 5.10. The number of hydrazone groups is 1. The van der Waals surface area contributed by atoms with E-state index in [9.17, 15) is 9.59 Å². The highest BCUT2D eigenvalue weighted by Crippen LogP contribution is 2.29. The molecule has 1 aliphatic carbocycles. The van der Waals surface area contributed by atoms with Crippen molar-refractivity contribution in [3.8, 4) is 0 Å². The van der Waals surface area contributed by atoms with Crippen LogP contribution in [0.5, 0.6) is 0 Å². The second-order valence-electron chi connectivity index (χ2n) is 8.94. The summed E-state index contributed by atoms with van der Waals surface area (Å²) in [4.78, 5) is 24.7. The third-order valence-electron chi connectivity index (χ3n) is 6.43. The molecular formula is C27H33N3O3. The van der Waals surface area contributed by atoms with Gasteiger partial charge in [0.05, 0.1) is 12.8 Å². The second-order valence-corrected chi connectivity index (χ2v) is 8.94. The molecule has 2 aromatic carbocycles. The highest BCUT2D eigenvalue weighted by atomic mass is 16.5. The molecule has 174 valence electrons. The molecular weight excluding hydrogens is 414 g/mol. The van der Waals surface area contributed by atoms with E-state index < -0.39 is 0 Å². The molecule has 33 heavy (non-hydrogen) atoms. The van der Waals surface area contributed by atoms with Gasteiger partial charge in [-0.05, 0) is 92.3 Å². The molecule has 1 atom stereocenters. The number of esters is 1. The Labute approximate surface area is 196 Å². The van der Waals surface area contributed by atoms with Crippen LogP contribution in [0.3, 0.4) is 0 Å². The van der Waals surface area contributed by atoms with Crippen molar-refractivity contribution in [2.24, 2.45) is 11.0 Å². The Bertz CT molecular complexity index is 994. The minimum atomic E-state index is -0.135. The minimum absolute atomic E-state index is 0.125. The predicted octanol–water partition coefficient (Wildman–Crippen LogP) is 4.82. The molecule has 0 spiro atoms. The summed E-state index contributed by atoms with van der Waals surface area (Å²) in [7, 11) is 0. The van der Waals surface area contributed by atoms with E-state index in [1.54, 1.807) is 0 Å². The van der Waals surface area contributed by atoms with Gasteiger partial charge in [0.25, 0.3) is 5.91 Å². The Balaban J connectivity index is 1.35. The van der Waals surface area contributed by atoms with E-state index in [1.807, 2.05) is 55.6 Å². The highest BCUT2D eigenvalue weighted by Gasteiger charge is 2.22. The van der Waals surface area contributed by atoms with Crippen molar-refractivity contribution in [1.82, 2.24) is 5.01 Å². The lowest BCUT2D eigenvalue weighted by molar-refractivity contribution is -0.144. The second kappa shape index (κ2) is 11.1. The number of nitrogens with one attached hydrogen (secondary N) is 1.